The number of halogens is 6. The van der Waals surface area contributed by atoms with Gasteiger partial charge in [-0.05, 0) is 0 Å². The zero-order valence-electron chi connectivity index (χ0n) is 7.99. The van der Waals surface area contributed by atoms with Crippen LogP contribution in [0.1, 0.15) is 11.1 Å². The van der Waals surface area contributed by atoms with Gasteiger partial charge < -0.3 is 0 Å². The summed E-state index contributed by atoms with van der Waals surface area (Å²) in [5, 5.41) is 0. The van der Waals surface area contributed by atoms with Gasteiger partial charge in [0, 0.05) is 11.1 Å². The molecular formula is C10H8F6. The lowest BCUT2D eigenvalue weighted by atomic mass is 10.0. The van der Waals surface area contributed by atoms with E-state index in [-0.39, 0.29) is 0 Å². The van der Waals surface area contributed by atoms with Crippen LogP contribution in [0, 0.1) is 0 Å². The van der Waals surface area contributed by atoms with E-state index in [4.69, 9.17) is 0 Å². The van der Waals surface area contributed by atoms with Crippen LogP contribution in [0.15, 0.2) is 24.3 Å². The van der Waals surface area contributed by atoms with E-state index >= 15 is 0 Å². The molecule has 1 aromatic carbocycles. The third-order valence-corrected chi connectivity index (χ3v) is 2.07. The van der Waals surface area contributed by atoms with Gasteiger partial charge in [0.15, 0.2) is 13.3 Å². The zero-order valence-corrected chi connectivity index (χ0v) is 7.99. The van der Waals surface area contributed by atoms with Gasteiger partial charge in [0.1, 0.15) is 0 Å². The fraction of sp³-hybridized carbons (Fsp3) is 0.400. The van der Waals surface area contributed by atoms with Crippen LogP contribution >= 0.6 is 0 Å². The van der Waals surface area contributed by atoms with Gasteiger partial charge in [0.2, 0.25) is 0 Å². The molecule has 0 saturated heterocycles. The molecule has 0 amide bonds. The van der Waals surface area contributed by atoms with Gasteiger partial charge in [0.05, 0.1) is 0 Å². The highest BCUT2D eigenvalue weighted by Crippen LogP contribution is 2.32. The van der Waals surface area contributed by atoms with Crippen molar-refractivity contribution in [2.75, 3.05) is 13.3 Å². The Morgan fingerprint density at radius 1 is 0.688 bits per heavy atom. The van der Waals surface area contributed by atoms with Crippen LogP contribution in [-0.4, -0.2) is 13.3 Å². The Bertz CT molecular complexity index is 308. The van der Waals surface area contributed by atoms with E-state index in [2.05, 4.69) is 0 Å². The standard InChI is InChI=1S/C10H8F6/c11-5-9(13,14)7-1-2-8(4-3-7)10(15,16)6-12/h1-4H,5-6H2. The van der Waals surface area contributed by atoms with Gasteiger partial charge in [-0.15, -0.1) is 0 Å². The fourth-order valence-electron chi connectivity index (χ4n) is 1.11. The van der Waals surface area contributed by atoms with E-state index in [1.165, 1.54) is 0 Å². The first kappa shape index (κ1) is 12.9. The predicted molar refractivity (Wildman–Crippen MR) is 46.2 cm³/mol. The molecule has 0 nitrogen and oxygen atoms in total. The van der Waals surface area contributed by atoms with Crippen molar-refractivity contribution in [1.29, 1.82) is 0 Å². The Morgan fingerprint density at radius 2 is 0.938 bits per heavy atom. The number of alkyl halides is 6. The molecule has 0 saturated carbocycles. The van der Waals surface area contributed by atoms with Crippen molar-refractivity contribution in [2.24, 2.45) is 0 Å². The van der Waals surface area contributed by atoms with Crippen molar-refractivity contribution in [2.45, 2.75) is 11.8 Å². The van der Waals surface area contributed by atoms with Gasteiger partial charge in [0.25, 0.3) is 0 Å². The molecule has 0 aliphatic heterocycles. The Labute approximate surface area is 87.9 Å². The van der Waals surface area contributed by atoms with Gasteiger partial charge in [-0.25, -0.2) is 8.78 Å². The van der Waals surface area contributed by atoms with Crippen LogP contribution in [0.3, 0.4) is 0 Å². The summed E-state index contributed by atoms with van der Waals surface area (Å²) in [5.74, 6) is -7.41. The number of hydrogen-bond donors (Lipinski definition) is 0. The summed E-state index contributed by atoms with van der Waals surface area (Å²) in [6.07, 6.45) is 0. The maximum absolute atomic E-state index is 12.8. The first-order valence-corrected chi connectivity index (χ1v) is 4.32. The third-order valence-electron chi connectivity index (χ3n) is 2.07. The van der Waals surface area contributed by atoms with E-state index in [1.54, 1.807) is 0 Å². The molecule has 0 unspecified atom stereocenters. The highest BCUT2D eigenvalue weighted by molar-refractivity contribution is 5.28. The summed E-state index contributed by atoms with van der Waals surface area (Å²) in [5.41, 5.74) is -1.43. The van der Waals surface area contributed by atoms with Crippen LogP contribution in [0.5, 0.6) is 0 Å². The largest absolute Gasteiger partial charge is 0.301 e. The highest BCUT2D eigenvalue weighted by atomic mass is 19.3. The lowest BCUT2D eigenvalue weighted by Gasteiger charge is -2.15. The van der Waals surface area contributed by atoms with E-state index in [0.717, 1.165) is 0 Å². The summed E-state index contributed by atoms with van der Waals surface area (Å²) >= 11 is 0. The molecule has 0 atom stereocenters. The van der Waals surface area contributed by atoms with Gasteiger partial charge in [-0.2, -0.15) is 17.6 Å². The predicted octanol–water partition coefficient (Wildman–Crippen LogP) is 3.81. The maximum atomic E-state index is 12.8. The molecule has 0 fully saturated rings. The molecule has 90 valence electrons. The molecule has 1 aromatic rings. The summed E-state index contributed by atoms with van der Waals surface area (Å²) in [6.45, 7) is -3.82. The van der Waals surface area contributed by atoms with Gasteiger partial charge in [-0.3, -0.25) is 0 Å². The molecule has 6 heteroatoms. The minimum absolute atomic E-state index is 0.665. The van der Waals surface area contributed by atoms with Crippen LogP contribution in [-0.2, 0) is 11.8 Å². The Kier molecular flexibility index (Phi) is 3.50. The zero-order chi connectivity index (χ0) is 12.4. The number of rotatable bonds is 4. The van der Waals surface area contributed by atoms with Crippen LogP contribution in [0.2, 0.25) is 0 Å². The molecule has 0 spiro atoms. The molecule has 0 heterocycles. The van der Waals surface area contributed by atoms with Crippen LogP contribution < -0.4 is 0 Å². The lowest BCUT2D eigenvalue weighted by Crippen LogP contribution is -2.18. The summed E-state index contributed by atoms with van der Waals surface area (Å²) < 4.78 is 74.8. The van der Waals surface area contributed by atoms with Crippen molar-refractivity contribution in [3.05, 3.63) is 35.4 Å². The maximum Gasteiger partial charge on any atom is 0.301 e. The second-order valence-corrected chi connectivity index (χ2v) is 3.25. The quantitative estimate of drug-likeness (QED) is 0.704. The summed E-state index contributed by atoms with van der Waals surface area (Å²) in [6, 6.07) is 2.66. The number of benzene rings is 1. The minimum Gasteiger partial charge on any atom is -0.244 e. The Hall–Kier alpha value is -1.20. The fourth-order valence-corrected chi connectivity index (χ4v) is 1.11. The van der Waals surface area contributed by atoms with Gasteiger partial charge in [-0.1, -0.05) is 24.3 Å². The molecule has 1 rings (SSSR count). The van der Waals surface area contributed by atoms with E-state index < -0.39 is 36.3 Å². The normalized spacial score (nSPS) is 12.9. The molecule has 0 N–H and O–H groups in total. The molecular weight excluding hydrogens is 234 g/mol. The molecule has 0 aliphatic carbocycles. The molecule has 0 radical (unpaired) electrons. The minimum atomic E-state index is -3.70. The van der Waals surface area contributed by atoms with Crippen molar-refractivity contribution >= 4 is 0 Å². The molecule has 0 aliphatic rings. The smallest absolute Gasteiger partial charge is 0.244 e. The lowest BCUT2D eigenvalue weighted by molar-refractivity contribution is -0.0316. The number of hydrogen-bond acceptors (Lipinski definition) is 0. The van der Waals surface area contributed by atoms with E-state index in [0.29, 0.717) is 24.3 Å². The van der Waals surface area contributed by atoms with Crippen molar-refractivity contribution in [3.8, 4) is 0 Å². The van der Waals surface area contributed by atoms with Crippen molar-refractivity contribution in [1.82, 2.24) is 0 Å². The van der Waals surface area contributed by atoms with Crippen LogP contribution in [0.25, 0.3) is 0 Å². The Morgan fingerprint density at radius 3 is 1.12 bits per heavy atom. The Balaban J connectivity index is 3.00. The van der Waals surface area contributed by atoms with E-state index in [1.807, 2.05) is 0 Å². The van der Waals surface area contributed by atoms with Crippen LogP contribution in [0.4, 0.5) is 26.3 Å². The summed E-state index contributed by atoms with van der Waals surface area (Å²) in [7, 11) is 0. The highest BCUT2D eigenvalue weighted by Gasteiger charge is 2.34. The van der Waals surface area contributed by atoms with E-state index in [9.17, 15) is 26.3 Å². The molecule has 0 bridgehead atoms. The molecule has 0 aromatic heterocycles. The first-order chi connectivity index (χ1) is 7.33. The second-order valence-electron chi connectivity index (χ2n) is 3.25. The second kappa shape index (κ2) is 4.35. The molecule has 16 heavy (non-hydrogen) atoms. The van der Waals surface area contributed by atoms with Gasteiger partial charge >= 0.3 is 11.8 Å². The average molecular weight is 242 g/mol. The monoisotopic (exact) mass is 242 g/mol. The first-order valence-electron chi connectivity index (χ1n) is 4.32. The summed E-state index contributed by atoms with van der Waals surface area (Å²) in [4.78, 5) is 0. The third kappa shape index (κ3) is 2.48. The average Bonchev–Trinajstić information content (AvgIpc) is 2.29. The SMILES string of the molecule is FCC(F)(F)c1ccc(C(F)(F)CF)cc1. The topological polar surface area (TPSA) is 0 Å². The van der Waals surface area contributed by atoms with Crippen molar-refractivity contribution in [3.63, 3.8) is 0 Å². The van der Waals surface area contributed by atoms with Crippen molar-refractivity contribution < 1.29 is 26.3 Å².